The summed E-state index contributed by atoms with van der Waals surface area (Å²) < 4.78 is 27.5. The van der Waals surface area contributed by atoms with Crippen molar-refractivity contribution in [3.8, 4) is 11.1 Å². The fourth-order valence-corrected chi connectivity index (χ4v) is 2.87. The molecule has 3 nitrogen and oxygen atoms in total. The first kappa shape index (κ1) is 15.3. The third-order valence-electron chi connectivity index (χ3n) is 4.12. The number of rotatable bonds is 4. The molecule has 25 heavy (non-hydrogen) atoms. The summed E-state index contributed by atoms with van der Waals surface area (Å²) in [6.45, 7) is 0.528. The quantitative estimate of drug-likeness (QED) is 0.543. The number of hydrogen-bond donors (Lipinski definition) is 2. The number of aromatic nitrogens is 2. The number of benzene rings is 3. The van der Waals surface area contributed by atoms with Gasteiger partial charge in [-0.05, 0) is 47.5 Å². The summed E-state index contributed by atoms with van der Waals surface area (Å²) in [5, 5.41) is 3.27. The Hall–Kier alpha value is -3.21. The molecule has 0 bridgehead atoms. The molecule has 4 aromatic rings. The summed E-state index contributed by atoms with van der Waals surface area (Å²) in [4.78, 5) is 7.29. The molecule has 2 N–H and O–H groups in total. The number of imidazole rings is 1. The lowest BCUT2D eigenvalue weighted by atomic mass is 10.0. The average molecular weight is 335 g/mol. The van der Waals surface area contributed by atoms with E-state index in [1.54, 1.807) is 24.5 Å². The number of H-pyrrole nitrogens is 1. The smallest absolute Gasteiger partial charge is 0.133 e. The van der Waals surface area contributed by atoms with Gasteiger partial charge < -0.3 is 10.3 Å². The molecule has 0 unspecified atom stereocenters. The summed E-state index contributed by atoms with van der Waals surface area (Å²) >= 11 is 0. The van der Waals surface area contributed by atoms with E-state index in [4.69, 9.17) is 0 Å². The maximum Gasteiger partial charge on any atom is 0.133 e. The Labute approximate surface area is 143 Å². The second-order valence-electron chi connectivity index (χ2n) is 5.78. The zero-order chi connectivity index (χ0) is 17.2. The molecule has 0 radical (unpaired) electrons. The highest BCUT2D eigenvalue weighted by molar-refractivity contribution is 5.79. The highest BCUT2D eigenvalue weighted by Gasteiger charge is 2.11. The van der Waals surface area contributed by atoms with Crippen LogP contribution in [0.15, 0.2) is 67.0 Å². The molecule has 5 heteroatoms. The molecule has 0 aliphatic carbocycles. The number of aromatic amines is 1. The minimum Gasteiger partial charge on any atom is -0.380 e. The van der Waals surface area contributed by atoms with Gasteiger partial charge in [0, 0.05) is 17.8 Å². The van der Waals surface area contributed by atoms with Gasteiger partial charge in [0.05, 0.1) is 17.4 Å². The van der Waals surface area contributed by atoms with E-state index in [-0.39, 0.29) is 11.6 Å². The lowest BCUT2D eigenvalue weighted by Gasteiger charge is -2.13. The maximum absolute atomic E-state index is 14.4. The molecule has 3 aromatic carbocycles. The zero-order valence-corrected chi connectivity index (χ0v) is 13.3. The van der Waals surface area contributed by atoms with E-state index in [0.717, 1.165) is 16.6 Å². The Bertz CT molecular complexity index is 1020. The van der Waals surface area contributed by atoms with Crippen molar-refractivity contribution in [3.05, 3.63) is 84.2 Å². The van der Waals surface area contributed by atoms with Gasteiger partial charge in [-0.1, -0.05) is 24.3 Å². The van der Waals surface area contributed by atoms with Crippen molar-refractivity contribution in [2.75, 3.05) is 5.32 Å². The van der Waals surface area contributed by atoms with Crippen molar-refractivity contribution in [2.24, 2.45) is 0 Å². The van der Waals surface area contributed by atoms with Crippen LogP contribution in [0.3, 0.4) is 0 Å². The highest BCUT2D eigenvalue weighted by atomic mass is 19.1. The minimum absolute atomic E-state index is 0.345. The van der Waals surface area contributed by atoms with Gasteiger partial charge in [-0.3, -0.25) is 0 Å². The summed E-state index contributed by atoms with van der Waals surface area (Å²) in [5.41, 5.74) is 4.62. The van der Waals surface area contributed by atoms with Gasteiger partial charge in [0.2, 0.25) is 0 Å². The molecule has 0 fully saturated rings. The highest BCUT2D eigenvalue weighted by Crippen LogP contribution is 2.31. The SMILES string of the molecule is Fc1ccc(-c2c(F)cccc2NCc2ccc3[nH]cnc3c2)cc1. The van der Waals surface area contributed by atoms with Gasteiger partial charge in [-0.2, -0.15) is 0 Å². The van der Waals surface area contributed by atoms with Crippen LogP contribution in [0.4, 0.5) is 14.5 Å². The molecule has 0 saturated carbocycles. The van der Waals surface area contributed by atoms with Crippen LogP contribution in [0.5, 0.6) is 0 Å². The second-order valence-corrected chi connectivity index (χ2v) is 5.78. The van der Waals surface area contributed by atoms with Gasteiger partial charge in [0.15, 0.2) is 0 Å². The number of nitrogens with zero attached hydrogens (tertiary/aromatic N) is 1. The van der Waals surface area contributed by atoms with Crippen LogP contribution < -0.4 is 5.32 Å². The number of fused-ring (bicyclic) bond motifs is 1. The molecule has 0 amide bonds. The molecule has 0 spiro atoms. The molecule has 1 aromatic heterocycles. The van der Waals surface area contributed by atoms with E-state index < -0.39 is 0 Å². The van der Waals surface area contributed by atoms with Gasteiger partial charge in [-0.25, -0.2) is 13.8 Å². The summed E-state index contributed by atoms with van der Waals surface area (Å²) in [5.74, 6) is -0.693. The Balaban J connectivity index is 1.63. The maximum atomic E-state index is 14.4. The van der Waals surface area contributed by atoms with Gasteiger partial charge in [0.25, 0.3) is 0 Å². The third kappa shape index (κ3) is 3.08. The monoisotopic (exact) mass is 335 g/mol. The van der Waals surface area contributed by atoms with Crippen molar-refractivity contribution >= 4 is 16.7 Å². The van der Waals surface area contributed by atoms with Crippen LogP contribution in [0.2, 0.25) is 0 Å². The van der Waals surface area contributed by atoms with Crippen LogP contribution in [-0.4, -0.2) is 9.97 Å². The Morgan fingerprint density at radius 2 is 1.80 bits per heavy atom. The van der Waals surface area contributed by atoms with Crippen LogP contribution in [0.25, 0.3) is 22.2 Å². The van der Waals surface area contributed by atoms with Crippen molar-refractivity contribution in [3.63, 3.8) is 0 Å². The molecular formula is C20H15F2N3. The summed E-state index contributed by atoms with van der Waals surface area (Å²) in [7, 11) is 0. The van der Waals surface area contributed by atoms with Gasteiger partial charge >= 0.3 is 0 Å². The molecule has 4 rings (SSSR count). The van der Waals surface area contributed by atoms with Crippen molar-refractivity contribution in [2.45, 2.75) is 6.54 Å². The van der Waals surface area contributed by atoms with Crippen LogP contribution in [-0.2, 0) is 6.54 Å². The number of hydrogen-bond acceptors (Lipinski definition) is 2. The molecule has 1 heterocycles. The van der Waals surface area contributed by atoms with Crippen molar-refractivity contribution < 1.29 is 8.78 Å². The number of anilines is 1. The molecule has 0 atom stereocenters. The fraction of sp³-hybridized carbons (Fsp3) is 0.0500. The van der Waals surface area contributed by atoms with Gasteiger partial charge in [0.1, 0.15) is 11.6 Å². The first-order chi connectivity index (χ1) is 12.2. The summed E-state index contributed by atoms with van der Waals surface area (Å²) in [6.07, 6.45) is 1.65. The third-order valence-corrected chi connectivity index (χ3v) is 4.12. The largest absolute Gasteiger partial charge is 0.380 e. The predicted octanol–water partition coefficient (Wildman–Crippen LogP) is 5.12. The first-order valence-electron chi connectivity index (χ1n) is 7.91. The van der Waals surface area contributed by atoms with E-state index in [2.05, 4.69) is 15.3 Å². The first-order valence-corrected chi connectivity index (χ1v) is 7.91. The van der Waals surface area contributed by atoms with E-state index >= 15 is 0 Å². The van der Waals surface area contributed by atoms with Crippen LogP contribution in [0, 0.1) is 11.6 Å². The Morgan fingerprint density at radius 3 is 2.64 bits per heavy atom. The van der Waals surface area contributed by atoms with E-state index in [1.165, 1.54) is 18.2 Å². The van der Waals surface area contributed by atoms with E-state index in [0.29, 0.717) is 23.4 Å². The van der Waals surface area contributed by atoms with E-state index in [1.807, 2.05) is 24.3 Å². The molecular weight excluding hydrogens is 320 g/mol. The second kappa shape index (κ2) is 6.36. The summed E-state index contributed by atoms with van der Waals surface area (Å²) in [6, 6.07) is 16.6. The lowest BCUT2D eigenvalue weighted by Crippen LogP contribution is -2.02. The van der Waals surface area contributed by atoms with Crippen molar-refractivity contribution in [1.82, 2.24) is 9.97 Å². The number of nitrogens with one attached hydrogen (secondary N) is 2. The predicted molar refractivity (Wildman–Crippen MR) is 95.2 cm³/mol. The number of halogens is 2. The zero-order valence-electron chi connectivity index (χ0n) is 13.3. The fourth-order valence-electron chi connectivity index (χ4n) is 2.87. The standard InChI is InChI=1S/C20H15F2N3/c21-15-7-5-14(6-8-15)20-16(22)2-1-3-18(20)23-11-13-4-9-17-19(10-13)25-12-24-17/h1-10,12,23H,11H2,(H,24,25). The lowest BCUT2D eigenvalue weighted by molar-refractivity contribution is 0.626. The van der Waals surface area contributed by atoms with E-state index in [9.17, 15) is 8.78 Å². The molecule has 0 aliphatic rings. The molecule has 0 aliphatic heterocycles. The van der Waals surface area contributed by atoms with Crippen LogP contribution >= 0.6 is 0 Å². The Morgan fingerprint density at radius 1 is 0.960 bits per heavy atom. The molecule has 0 saturated heterocycles. The van der Waals surface area contributed by atoms with Crippen LogP contribution in [0.1, 0.15) is 5.56 Å². The molecule has 124 valence electrons. The Kier molecular flexibility index (Phi) is 3.90. The topological polar surface area (TPSA) is 40.7 Å². The average Bonchev–Trinajstić information content (AvgIpc) is 3.09. The minimum atomic E-state index is -0.348. The van der Waals surface area contributed by atoms with Crippen molar-refractivity contribution in [1.29, 1.82) is 0 Å². The normalized spacial score (nSPS) is 11.0. The van der Waals surface area contributed by atoms with Gasteiger partial charge in [-0.15, -0.1) is 0 Å².